The summed E-state index contributed by atoms with van der Waals surface area (Å²) in [5.74, 6) is 1.27. The molecule has 2 rings (SSSR count). The van der Waals surface area contributed by atoms with Crippen LogP contribution in [-0.4, -0.2) is 64.5 Å². The highest BCUT2D eigenvalue weighted by Crippen LogP contribution is 2.23. The minimum Gasteiger partial charge on any atom is -0.461 e. The van der Waals surface area contributed by atoms with E-state index in [9.17, 15) is 9.59 Å². The predicted molar refractivity (Wildman–Crippen MR) is 143 cm³/mol. The van der Waals surface area contributed by atoms with Gasteiger partial charge < -0.3 is 25.3 Å². The molecule has 0 spiro atoms. The molecule has 1 aromatic heterocycles. The van der Waals surface area contributed by atoms with Gasteiger partial charge in [-0.25, -0.2) is 9.78 Å². The van der Waals surface area contributed by atoms with E-state index in [1.807, 2.05) is 43.7 Å². The van der Waals surface area contributed by atoms with Gasteiger partial charge in [0, 0.05) is 44.0 Å². The largest absolute Gasteiger partial charge is 0.461 e. The molecule has 8 nitrogen and oxygen atoms in total. The van der Waals surface area contributed by atoms with Crippen molar-refractivity contribution in [3.8, 4) is 0 Å². The molecule has 1 aromatic carbocycles. The maximum Gasteiger partial charge on any atom is 0.328 e. The average Bonchev–Trinajstić information content (AvgIpc) is 3.10. The Morgan fingerprint density at radius 3 is 2.40 bits per heavy atom. The Labute approximate surface area is 218 Å². The van der Waals surface area contributed by atoms with E-state index in [-0.39, 0.29) is 17.9 Å². The standard InChI is InChI=1S/C25H39Cl2N5O3/c1-16(2)14-21(25(34)35-17(3)4)30-24(33)19(28)7-9-23-29-20-15-18(6-8-22(20)31(23)5)32(12-10-26)13-11-27/h6,8,15-17,19,21H,7,9-14,28H2,1-5H3,(H,30,33). The van der Waals surface area contributed by atoms with Crippen LogP contribution in [0.1, 0.15) is 46.4 Å². The normalized spacial score (nSPS) is 13.3. The number of fused-ring (bicyclic) bond motifs is 1. The number of ether oxygens (including phenoxy) is 1. The number of carbonyl (C=O) groups is 2. The number of imidazole rings is 1. The van der Waals surface area contributed by atoms with Crippen LogP contribution in [0.5, 0.6) is 0 Å². The van der Waals surface area contributed by atoms with Gasteiger partial charge in [-0.3, -0.25) is 4.79 Å². The van der Waals surface area contributed by atoms with Gasteiger partial charge in [0.25, 0.3) is 0 Å². The number of esters is 1. The van der Waals surface area contributed by atoms with Crippen LogP contribution in [-0.2, 0) is 27.8 Å². The average molecular weight is 529 g/mol. The molecule has 0 bridgehead atoms. The third-order valence-electron chi connectivity index (χ3n) is 5.71. The lowest BCUT2D eigenvalue weighted by Crippen LogP contribution is -2.49. The summed E-state index contributed by atoms with van der Waals surface area (Å²) in [7, 11) is 1.95. The molecule has 3 N–H and O–H groups in total. The molecule has 1 heterocycles. The quantitative estimate of drug-likeness (QED) is 0.287. The molecular formula is C25H39Cl2N5O3. The molecule has 196 valence electrons. The number of alkyl halides is 2. The molecular weight excluding hydrogens is 489 g/mol. The van der Waals surface area contributed by atoms with E-state index >= 15 is 0 Å². The van der Waals surface area contributed by atoms with E-state index in [4.69, 9.17) is 38.7 Å². The summed E-state index contributed by atoms with van der Waals surface area (Å²) in [5.41, 5.74) is 9.06. The van der Waals surface area contributed by atoms with E-state index in [1.54, 1.807) is 13.8 Å². The number of anilines is 1. The van der Waals surface area contributed by atoms with Crippen molar-refractivity contribution in [1.29, 1.82) is 0 Å². The third-order valence-corrected chi connectivity index (χ3v) is 6.04. The van der Waals surface area contributed by atoms with Crippen LogP contribution in [0.2, 0.25) is 0 Å². The van der Waals surface area contributed by atoms with Crippen molar-refractivity contribution in [2.24, 2.45) is 18.7 Å². The number of hydrogen-bond acceptors (Lipinski definition) is 6. The highest BCUT2D eigenvalue weighted by molar-refractivity contribution is 6.18. The van der Waals surface area contributed by atoms with Crippen molar-refractivity contribution in [2.45, 2.75) is 65.1 Å². The second-order valence-corrected chi connectivity index (χ2v) is 10.2. The summed E-state index contributed by atoms with van der Waals surface area (Å²) in [6.45, 7) is 8.95. The van der Waals surface area contributed by atoms with Crippen LogP contribution < -0.4 is 16.0 Å². The smallest absolute Gasteiger partial charge is 0.328 e. The third kappa shape index (κ3) is 8.54. The summed E-state index contributed by atoms with van der Waals surface area (Å²) in [4.78, 5) is 32.1. The minimum atomic E-state index is -0.769. The number of aryl methyl sites for hydroxylation is 2. The molecule has 0 aliphatic rings. The molecule has 0 aliphatic heterocycles. The van der Waals surface area contributed by atoms with Crippen LogP contribution in [0.15, 0.2) is 18.2 Å². The van der Waals surface area contributed by atoms with E-state index in [0.717, 1.165) is 22.5 Å². The maximum absolute atomic E-state index is 12.7. The SMILES string of the molecule is CC(C)CC(NC(=O)C(N)CCc1nc2cc(N(CCCl)CCCl)ccc2n1C)C(=O)OC(C)C. The van der Waals surface area contributed by atoms with Gasteiger partial charge in [0.05, 0.1) is 23.2 Å². The molecule has 2 atom stereocenters. The monoisotopic (exact) mass is 527 g/mol. The Hall–Kier alpha value is -2.03. The summed E-state index contributed by atoms with van der Waals surface area (Å²) in [6, 6.07) is 4.61. The van der Waals surface area contributed by atoms with Gasteiger partial charge in [0.1, 0.15) is 11.9 Å². The minimum absolute atomic E-state index is 0.214. The van der Waals surface area contributed by atoms with Crippen molar-refractivity contribution in [2.75, 3.05) is 29.7 Å². The van der Waals surface area contributed by atoms with Gasteiger partial charge in [-0.1, -0.05) is 13.8 Å². The molecule has 10 heteroatoms. The second-order valence-electron chi connectivity index (χ2n) is 9.45. The Kier molecular flexibility index (Phi) is 11.6. The van der Waals surface area contributed by atoms with Crippen LogP contribution in [0.25, 0.3) is 11.0 Å². The van der Waals surface area contributed by atoms with Crippen molar-refractivity contribution in [1.82, 2.24) is 14.9 Å². The molecule has 0 saturated carbocycles. The number of nitrogens with two attached hydrogens (primary N) is 1. The predicted octanol–water partition coefficient (Wildman–Crippen LogP) is 3.60. The number of nitrogens with zero attached hydrogens (tertiary/aromatic N) is 3. The Bertz CT molecular complexity index is 973. The number of nitrogens with one attached hydrogen (secondary N) is 1. The fourth-order valence-corrected chi connectivity index (χ4v) is 4.33. The first-order valence-electron chi connectivity index (χ1n) is 12.2. The van der Waals surface area contributed by atoms with E-state index in [0.29, 0.717) is 44.1 Å². The van der Waals surface area contributed by atoms with Crippen molar-refractivity contribution < 1.29 is 14.3 Å². The lowest BCUT2D eigenvalue weighted by Gasteiger charge is -2.22. The summed E-state index contributed by atoms with van der Waals surface area (Å²) in [6.07, 6.45) is 1.15. The molecule has 35 heavy (non-hydrogen) atoms. The Morgan fingerprint density at radius 2 is 1.83 bits per heavy atom. The van der Waals surface area contributed by atoms with Gasteiger partial charge in [0.15, 0.2) is 0 Å². The van der Waals surface area contributed by atoms with Crippen LogP contribution >= 0.6 is 23.2 Å². The first kappa shape index (κ1) is 29.2. The van der Waals surface area contributed by atoms with E-state index in [2.05, 4.69) is 10.2 Å². The number of aromatic nitrogens is 2. The van der Waals surface area contributed by atoms with Gasteiger partial charge in [-0.05, 0) is 50.8 Å². The number of halogens is 2. The van der Waals surface area contributed by atoms with Crippen LogP contribution in [0.3, 0.4) is 0 Å². The fourth-order valence-electron chi connectivity index (χ4n) is 3.93. The lowest BCUT2D eigenvalue weighted by atomic mass is 10.0. The number of carbonyl (C=O) groups excluding carboxylic acids is 2. The molecule has 0 radical (unpaired) electrons. The van der Waals surface area contributed by atoms with Gasteiger partial charge >= 0.3 is 5.97 Å². The summed E-state index contributed by atoms with van der Waals surface area (Å²) < 4.78 is 7.32. The molecule has 1 amide bonds. The zero-order chi connectivity index (χ0) is 26.1. The van der Waals surface area contributed by atoms with Crippen molar-refractivity contribution >= 4 is 51.8 Å². The maximum atomic E-state index is 12.7. The molecule has 0 aliphatic carbocycles. The van der Waals surface area contributed by atoms with Gasteiger partial charge in [0.2, 0.25) is 5.91 Å². The van der Waals surface area contributed by atoms with Gasteiger partial charge in [-0.15, -0.1) is 23.2 Å². The zero-order valence-corrected chi connectivity index (χ0v) is 22.9. The van der Waals surface area contributed by atoms with Crippen molar-refractivity contribution in [3.63, 3.8) is 0 Å². The topological polar surface area (TPSA) is 102 Å². The van der Waals surface area contributed by atoms with E-state index < -0.39 is 18.1 Å². The first-order valence-corrected chi connectivity index (χ1v) is 13.2. The molecule has 0 saturated heterocycles. The fraction of sp³-hybridized carbons (Fsp3) is 0.640. The summed E-state index contributed by atoms with van der Waals surface area (Å²) >= 11 is 11.9. The van der Waals surface area contributed by atoms with Crippen LogP contribution in [0.4, 0.5) is 5.69 Å². The van der Waals surface area contributed by atoms with E-state index in [1.165, 1.54) is 0 Å². The number of rotatable bonds is 14. The highest BCUT2D eigenvalue weighted by Gasteiger charge is 2.26. The Morgan fingerprint density at radius 1 is 1.17 bits per heavy atom. The Balaban J connectivity index is 2.07. The van der Waals surface area contributed by atoms with Gasteiger partial charge in [-0.2, -0.15) is 0 Å². The van der Waals surface area contributed by atoms with Crippen LogP contribution in [0, 0.1) is 5.92 Å². The zero-order valence-electron chi connectivity index (χ0n) is 21.4. The molecule has 0 fully saturated rings. The number of amides is 1. The number of hydrogen-bond donors (Lipinski definition) is 2. The molecule has 2 unspecified atom stereocenters. The second kappa shape index (κ2) is 13.9. The number of benzene rings is 1. The first-order chi connectivity index (χ1) is 16.6. The highest BCUT2D eigenvalue weighted by atomic mass is 35.5. The van der Waals surface area contributed by atoms with Crippen molar-refractivity contribution in [3.05, 3.63) is 24.0 Å². The lowest BCUT2D eigenvalue weighted by molar-refractivity contribution is -0.152. The molecule has 2 aromatic rings. The summed E-state index contributed by atoms with van der Waals surface area (Å²) in [5, 5.41) is 2.78.